The molecular weight excluding hydrogens is 1360 g/mol. The minimum atomic E-state index is -1.75. The average Bonchev–Trinajstić information content (AvgIpc) is 1.68. The molecule has 104 heavy (non-hydrogen) atoms. The molecule has 0 aliphatic carbocycles. The Labute approximate surface area is 608 Å². The zero-order valence-corrected chi connectivity index (χ0v) is 61.1. The smallest absolute Gasteiger partial charge is 0.475 e. The fraction of sp³-hybridized carbons (Fsp3) is 0.773. The predicted molar refractivity (Wildman–Crippen MR) is 376 cm³/mol. The number of piperazine rings is 1. The molecule has 0 bridgehead atoms. The van der Waals surface area contributed by atoms with Gasteiger partial charge in [-0.1, -0.05) is 27.7 Å². The standard InChI is InChI=1S/C66H112B2N14O22/c1-43(2)50(63(97)72-45(5)65(99)81-19-9-12-54(81)67(101)102)33-48(84)35-70-56(87)16-14-47(83)37-75-21-23-76(24-22-75)38-58(89)69-18-8-7-11-52(74-59(90)39-77-25-27-78(40-60(91)92)29-31-80(42-62(95)96)32-30-79(28-26-77)41-61(93)94)53(86)15-17-57(88)71-36-49(85)34-51(44(3)4)64(98)73-46(6)66(100)82-20-10-13-55(82)68(103)104/h43-46,50-52,54-55,101-104H,7-42H2,1-6H3,(H,69,89)(H,70,87)(H,71,88)(H,72,97)(H,73,98)(H,74,90)(H,91,92)(H,93,94)(H,95,96)/t45-,46-,50+,51+,52?,54+,55+/m1/s1. The Morgan fingerprint density at radius 1 is 0.394 bits per heavy atom. The molecule has 7 atom stereocenters. The van der Waals surface area contributed by atoms with Crippen molar-refractivity contribution in [1.82, 2.24) is 71.1 Å². The molecule has 4 aliphatic rings. The number of hydrogen-bond donors (Lipinski definition) is 13. The molecule has 584 valence electrons. The maximum Gasteiger partial charge on any atom is 0.475 e. The van der Waals surface area contributed by atoms with Gasteiger partial charge < -0.3 is 77.1 Å². The Morgan fingerprint density at radius 2 is 0.750 bits per heavy atom. The second-order valence-corrected chi connectivity index (χ2v) is 28.3. The van der Waals surface area contributed by atoms with E-state index in [1.165, 1.54) is 23.6 Å². The molecule has 0 spiro atoms. The maximum atomic E-state index is 14.0. The third kappa shape index (κ3) is 32.9. The molecule has 4 fully saturated rings. The molecular formula is C66H112B2N14O22. The minimum absolute atomic E-state index is 0.0408. The van der Waals surface area contributed by atoms with Gasteiger partial charge in [-0.05, 0) is 70.6 Å². The van der Waals surface area contributed by atoms with Gasteiger partial charge in [-0.3, -0.25) is 101 Å². The van der Waals surface area contributed by atoms with Crippen LogP contribution in [0.1, 0.15) is 125 Å². The number of aliphatic carboxylic acids is 3. The largest absolute Gasteiger partial charge is 0.480 e. The number of unbranched alkanes of at least 4 members (excludes halogenated alkanes) is 1. The van der Waals surface area contributed by atoms with Crippen LogP contribution in [0.2, 0.25) is 0 Å². The summed E-state index contributed by atoms with van der Waals surface area (Å²) in [6.45, 7) is 11.3. The molecule has 36 nitrogen and oxygen atoms in total. The highest BCUT2D eigenvalue weighted by molar-refractivity contribution is 6.44. The van der Waals surface area contributed by atoms with Gasteiger partial charge in [0, 0.05) is 149 Å². The molecule has 4 saturated heterocycles. The van der Waals surface area contributed by atoms with E-state index in [2.05, 4.69) is 31.9 Å². The van der Waals surface area contributed by atoms with Crippen LogP contribution >= 0.6 is 0 Å². The zero-order valence-electron chi connectivity index (χ0n) is 61.1. The highest BCUT2D eigenvalue weighted by atomic mass is 16.4. The van der Waals surface area contributed by atoms with E-state index in [0.29, 0.717) is 71.2 Å². The van der Waals surface area contributed by atoms with E-state index in [0.717, 1.165) is 0 Å². The number of carbonyl (C=O) groups excluding carboxylic acids is 12. The molecule has 13 N–H and O–H groups in total. The number of carbonyl (C=O) groups is 15. The summed E-state index contributed by atoms with van der Waals surface area (Å²) in [6, 6.07) is -3.18. The first-order valence-corrected chi connectivity index (χ1v) is 36.2. The van der Waals surface area contributed by atoms with Gasteiger partial charge in [0.25, 0.3) is 0 Å². The number of nitrogens with zero attached hydrogens (tertiary/aromatic N) is 8. The van der Waals surface area contributed by atoms with Crippen LogP contribution < -0.4 is 31.9 Å². The van der Waals surface area contributed by atoms with Gasteiger partial charge in [0.15, 0.2) is 17.3 Å². The van der Waals surface area contributed by atoms with Crippen molar-refractivity contribution in [3.05, 3.63) is 0 Å². The quantitative estimate of drug-likeness (QED) is 0.0200. The summed E-state index contributed by atoms with van der Waals surface area (Å²) < 4.78 is 0. The van der Waals surface area contributed by atoms with Gasteiger partial charge in [-0.15, -0.1) is 0 Å². The lowest BCUT2D eigenvalue weighted by Gasteiger charge is -2.33. The van der Waals surface area contributed by atoms with E-state index >= 15 is 0 Å². The van der Waals surface area contributed by atoms with Crippen molar-refractivity contribution in [3.63, 3.8) is 0 Å². The molecule has 38 heteroatoms. The first-order valence-electron chi connectivity index (χ1n) is 36.2. The molecule has 0 aromatic carbocycles. The monoisotopic (exact) mass is 1470 g/mol. The summed E-state index contributed by atoms with van der Waals surface area (Å²) in [4.78, 5) is 208. The minimum Gasteiger partial charge on any atom is -0.480 e. The summed E-state index contributed by atoms with van der Waals surface area (Å²) in [5, 5.41) is 83.7. The first kappa shape index (κ1) is 89.0. The second-order valence-electron chi connectivity index (χ2n) is 28.3. The number of carboxylic acid groups (broad SMARTS) is 3. The first-order chi connectivity index (χ1) is 49.1. The number of rotatable bonds is 43. The summed E-state index contributed by atoms with van der Waals surface area (Å²) in [5.41, 5.74) is 0. The van der Waals surface area contributed by atoms with E-state index in [4.69, 9.17) is 0 Å². The van der Waals surface area contributed by atoms with Crippen LogP contribution in [0.5, 0.6) is 0 Å². The van der Waals surface area contributed by atoms with Crippen molar-refractivity contribution in [1.29, 1.82) is 0 Å². The van der Waals surface area contributed by atoms with E-state index in [9.17, 15) is 107 Å². The van der Waals surface area contributed by atoms with E-state index in [-0.39, 0.29) is 160 Å². The van der Waals surface area contributed by atoms with Crippen LogP contribution in [0.25, 0.3) is 0 Å². The predicted octanol–water partition coefficient (Wildman–Crippen LogP) is -5.74. The molecule has 0 saturated carbocycles. The third-order valence-corrected chi connectivity index (χ3v) is 19.3. The van der Waals surface area contributed by atoms with Crippen LogP contribution in [-0.4, -0.2) is 358 Å². The van der Waals surface area contributed by atoms with Gasteiger partial charge in [-0.2, -0.15) is 0 Å². The molecule has 4 rings (SSSR count). The third-order valence-electron chi connectivity index (χ3n) is 19.3. The van der Waals surface area contributed by atoms with E-state index in [1.54, 1.807) is 47.3 Å². The topological polar surface area (TPSA) is 496 Å². The number of nitrogens with one attached hydrogen (secondary N) is 6. The Balaban J connectivity index is 1.28. The second kappa shape index (κ2) is 45.8. The summed E-state index contributed by atoms with van der Waals surface area (Å²) >= 11 is 0. The lowest BCUT2D eigenvalue weighted by molar-refractivity contribution is -0.140. The molecule has 8 amide bonds. The molecule has 4 heterocycles. The van der Waals surface area contributed by atoms with Crippen LogP contribution in [-0.2, 0) is 71.9 Å². The fourth-order valence-electron chi connectivity index (χ4n) is 13.1. The van der Waals surface area contributed by atoms with Crippen LogP contribution in [0.15, 0.2) is 0 Å². The summed E-state index contributed by atoms with van der Waals surface area (Å²) in [7, 11) is -3.47. The maximum absolute atomic E-state index is 14.0. The number of carboxylic acids is 3. The number of hydrogen-bond acceptors (Lipinski definition) is 25. The molecule has 1 unspecified atom stereocenters. The summed E-state index contributed by atoms with van der Waals surface area (Å²) in [6.07, 6.45) is 1.08. The van der Waals surface area contributed by atoms with Crippen LogP contribution in [0.4, 0.5) is 0 Å². The van der Waals surface area contributed by atoms with Crippen molar-refractivity contribution in [2.24, 2.45) is 23.7 Å². The summed E-state index contributed by atoms with van der Waals surface area (Å²) in [5.74, 6) is -13.3. The number of Topliss-reactive ketones (excluding diaryl/α,β-unsaturated/α-hetero) is 4. The molecule has 0 aromatic rings. The number of ketones is 4. The molecule has 0 radical (unpaired) electrons. The van der Waals surface area contributed by atoms with Gasteiger partial charge in [-0.25, -0.2) is 0 Å². The highest BCUT2D eigenvalue weighted by Crippen LogP contribution is 2.23. The van der Waals surface area contributed by atoms with E-state index in [1.807, 2.05) is 9.80 Å². The van der Waals surface area contributed by atoms with Crippen molar-refractivity contribution in [3.8, 4) is 0 Å². The van der Waals surface area contributed by atoms with Gasteiger partial charge in [0.2, 0.25) is 47.3 Å². The molecule has 4 aliphatic heterocycles. The van der Waals surface area contributed by atoms with Gasteiger partial charge >= 0.3 is 32.1 Å². The van der Waals surface area contributed by atoms with Crippen molar-refractivity contribution < 1.29 is 107 Å². The zero-order chi connectivity index (χ0) is 77.3. The Morgan fingerprint density at radius 3 is 1.12 bits per heavy atom. The highest BCUT2D eigenvalue weighted by Gasteiger charge is 2.41. The van der Waals surface area contributed by atoms with Gasteiger partial charge in [0.1, 0.15) is 17.9 Å². The Kier molecular flexibility index (Phi) is 39.2. The SMILES string of the molecule is CC(C)[C@H](CC(=O)CNC(=O)CCC(=O)CN1CCN(CC(=O)NCCCCC(NC(=O)CN2CCN(CC(=O)O)CCN(CC(=O)O)CCN(CC(=O)O)CC2)C(=O)CCC(=O)NCC(=O)C[C@H](C(=O)N[C@H](C)C(=O)N2CCC[C@H]2B(O)O)C(C)C)CC1)C(=O)N[C@H](C)C(=O)N1CCC[C@H]1B(O)O. The van der Waals surface area contributed by atoms with Crippen molar-refractivity contribution >= 4 is 103 Å². The lowest BCUT2D eigenvalue weighted by atomic mass is 9.78. The number of amides is 8. The van der Waals surface area contributed by atoms with Crippen LogP contribution in [0.3, 0.4) is 0 Å². The Bertz CT molecular complexity index is 2900. The van der Waals surface area contributed by atoms with E-state index < -0.39 is 159 Å². The lowest BCUT2D eigenvalue weighted by Crippen LogP contribution is -2.53. The van der Waals surface area contributed by atoms with Gasteiger partial charge in [0.05, 0.1) is 70.3 Å². The fourth-order valence-corrected chi connectivity index (χ4v) is 13.1. The van der Waals surface area contributed by atoms with Crippen molar-refractivity contribution in [2.45, 2.75) is 155 Å². The Hall–Kier alpha value is -7.42. The van der Waals surface area contributed by atoms with Crippen LogP contribution in [0, 0.1) is 23.7 Å². The molecule has 0 aromatic heterocycles. The number of likely N-dealkylation sites (tertiary alicyclic amines) is 2. The average molecular weight is 1480 g/mol. The normalized spacial score (nSPS) is 19.3. The van der Waals surface area contributed by atoms with Crippen molar-refractivity contribution in [2.75, 3.05) is 151 Å².